The first kappa shape index (κ1) is 7.42. The standard InChI is InChI=1S/C6H5.Al.NO.H2O/c1-2-4-6-5-3-1;;1-2;/h1-5H;;;1H2/q;+2;-1;/p-1. The molecule has 0 heterocycles. The van der Waals surface area contributed by atoms with Gasteiger partial charge in [0, 0.05) is 0 Å². The maximum absolute atomic E-state index is 9.87. The van der Waals surface area contributed by atoms with Gasteiger partial charge in [-0.25, -0.2) is 0 Å². The highest BCUT2D eigenvalue weighted by Gasteiger charge is 2.21. The summed E-state index contributed by atoms with van der Waals surface area (Å²) >= 11 is -2.47. The lowest BCUT2D eigenvalue weighted by molar-refractivity contribution is 0.587. The zero-order chi connectivity index (χ0) is 7.40. The van der Waals surface area contributed by atoms with Crippen molar-refractivity contribution in [1.29, 1.82) is 0 Å². The number of rotatable bonds is 2. The fourth-order valence-corrected chi connectivity index (χ4v) is 1.37. The summed E-state index contributed by atoms with van der Waals surface area (Å²) in [5, 5.41) is 0. The van der Waals surface area contributed by atoms with Crippen LogP contribution in [-0.4, -0.2) is 18.9 Å². The molecule has 1 aromatic carbocycles. The fraction of sp³-hybridized carbons (Fsp3) is 0. The normalized spacial score (nSPS) is 8.90. The van der Waals surface area contributed by atoms with Crippen molar-refractivity contribution < 1.29 is 4.16 Å². The predicted octanol–water partition coefficient (Wildman–Crippen LogP) is 0.140. The van der Waals surface area contributed by atoms with Crippen molar-refractivity contribution in [2.75, 3.05) is 0 Å². The van der Waals surface area contributed by atoms with E-state index in [0.717, 1.165) is 0 Å². The molecule has 0 aromatic heterocycles. The van der Waals surface area contributed by atoms with Crippen LogP contribution in [0.4, 0.5) is 0 Å². The Labute approximate surface area is 63.2 Å². The average Bonchev–Trinajstić information content (AvgIpc) is 2.05. The summed E-state index contributed by atoms with van der Waals surface area (Å²) in [6.07, 6.45) is 0. The van der Waals surface area contributed by atoms with Crippen molar-refractivity contribution >= 4 is 19.1 Å². The second-order valence-electron chi connectivity index (χ2n) is 1.89. The first-order valence-electron chi connectivity index (χ1n) is 2.90. The maximum atomic E-state index is 9.87. The molecule has 0 unspecified atom stereocenters. The molecule has 0 spiro atoms. The maximum Gasteiger partial charge on any atom is 0.734 e. The minimum atomic E-state index is -2.47. The van der Waals surface area contributed by atoms with E-state index in [0.29, 0.717) is 4.43 Å². The summed E-state index contributed by atoms with van der Waals surface area (Å²) < 4.78 is 12.3. The van der Waals surface area contributed by atoms with Crippen molar-refractivity contribution in [1.82, 2.24) is 0 Å². The summed E-state index contributed by atoms with van der Waals surface area (Å²) in [4.78, 5) is 9.87. The lowest BCUT2D eigenvalue weighted by Gasteiger charge is -1.91. The summed E-state index contributed by atoms with van der Waals surface area (Å²) in [5.74, 6) is 0. The van der Waals surface area contributed by atoms with Crippen LogP contribution in [0.5, 0.6) is 0 Å². The molecule has 0 amide bonds. The molecule has 0 saturated heterocycles. The average molecular weight is 151 g/mol. The molecule has 1 rings (SSSR count). The zero-order valence-electron chi connectivity index (χ0n) is 5.27. The number of hydrogen-bond acceptors (Lipinski definition) is 3. The van der Waals surface area contributed by atoms with Crippen LogP contribution in [0.15, 0.2) is 34.5 Å². The van der Waals surface area contributed by atoms with Gasteiger partial charge in [-0.05, 0) is 0 Å². The number of nitrogens with zero attached hydrogens (tertiary/aromatic N) is 1. The van der Waals surface area contributed by atoms with Crippen molar-refractivity contribution in [2.45, 2.75) is 0 Å². The van der Waals surface area contributed by atoms with E-state index in [1.165, 1.54) is 0 Å². The number of nitroso groups, excluding NO2 is 1. The van der Waals surface area contributed by atoms with Crippen LogP contribution in [0.1, 0.15) is 0 Å². The molecule has 10 heavy (non-hydrogen) atoms. The molecule has 3 nitrogen and oxygen atoms in total. The molecule has 50 valence electrons. The lowest BCUT2D eigenvalue weighted by atomic mass is 10.4. The molecule has 1 N–H and O–H groups in total. The van der Waals surface area contributed by atoms with Crippen LogP contribution in [0.3, 0.4) is 0 Å². The fourth-order valence-electron chi connectivity index (χ4n) is 0.686. The summed E-state index contributed by atoms with van der Waals surface area (Å²) in [6, 6.07) is 8.79. The molecule has 4 heteroatoms. The lowest BCUT2D eigenvalue weighted by Crippen LogP contribution is -2.26. The van der Waals surface area contributed by atoms with E-state index in [1.807, 2.05) is 6.07 Å². The van der Waals surface area contributed by atoms with Gasteiger partial charge in [0.05, 0.1) is 0 Å². The number of benzene rings is 1. The van der Waals surface area contributed by atoms with Crippen LogP contribution in [0, 0.1) is 4.91 Å². The summed E-state index contributed by atoms with van der Waals surface area (Å²) in [7, 11) is 0. The largest absolute Gasteiger partial charge is 0.734 e. The Morgan fingerprint density at radius 1 is 1.30 bits per heavy atom. The molecule has 0 aliphatic rings. The third-order valence-electron chi connectivity index (χ3n) is 1.20. The minimum absolute atomic E-state index is 0.664. The molecule has 0 bridgehead atoms. The van der Waals surface area contributed by atoms with Gasteiger partial charge < -0.3 is 4.16 Å². The SMILES string of the molecule is O=[N][Al]([OH])[c]1ccccc1. The van der Waals surface area contributed by atoms with Gasteiger partial charge in [-0.1, -0.05) is 34.8 Å². The highest BCUT2D eigenvalue weighted by Crippen LogP contribution is 1.85. The first-order valence-corrected chi connectivity index (χ1v) is 4.51. The van der Waals surface area contributed by atoms with E-state index in [9.17, 15) is 4.91 Å². The van der Waals surface area contributed by atoms with Crippen LogP contribution < -0.4 is 4.43 Å². The smallest absolute Gasteiger partial charge is 0.492 e. The summed E-state index contributed by atoms with van der Waals surface area (Å²) in [5.41, 5.74) is 0. The van der Waals surface area contributed by atoms with Gasteiger partial charge in [-0.2, -0.15) is 9.07 Å². The topological polar surface area (TPSA) is 49.7 Å². The Bertz CT molecular complexity index is 214. The van der Waals surface area contributed by atoms with Crippen molar-refractivity contribution in [3.63, 3.8) is 0 Å². The second kappa shape index (κ2) is 3.47. The van der Waals surface area contributed by atoms with Crippen LogP contribution in [0.2, 0.25) is 0 Å². The van der Waals surface area contributed by atoms with Crippen molar-refractivity contribution in [2.24, 2.45) is 4.16 Å². The predicted molar refractivity (Wildman–Crippen MR) is 39.8 cm³/mol. The van der Waals surface area contributed by atoms with Gasteiger partial charge in [0.1, 0.15) is 0 Å². The van der Waals surface area contributed by atoms with Gasteiger partial charge in [-0.3, -0.25) is 0 Å². The van der Waals surface area contributed by atoms with Crippen molar-refractivity contribution in [3.8, 4) is 0 Å². The first-order chi connectivity index (χ1) is 4.84. The Balaban J connectivity index is 2.84. The van der Waals surface area contributed by atoms with Gasteiger partial charge >= 0.3 is 14.7 Å². The van der Waals surface area contributed by atoms with E-state index in [4.69, 9.17) is 4.16 Å². The minimum Gasteiger partial charge on any atom is -0.492 e. The van der Waals surface area contributed by atoms with Crippen molar-refractivity contribution in [3.05, 3.63) is 35.2 Å². The molecule has 0 aliphatic heterocycles. The van der Waals surface area contributed by atoms with Crippen LogP contribution in [-0.2, 0) is 0 Å². The molecular formula is C6H6AlNO2. The van der Waals surface area contributed by atoms with E-state index in [-0.39, 0.29) is 0 Å². The molecule has 0 aliphatic carbocycles. The molecular weight excluding hydrogens is 145 g/mol. The molecule has 0 fully saturated rings. The Hall–Kier alpha value is -0.688. The van der Waals surface area contributed by atoms with E-state index in [1.54, 1.807) is 24.3 Å². The van der Waals surface area contributed by atoms with E-state index in [2.05, 4.69) is 4.16 Å². The van der Waals surface area contributed by atoms with E-state index >= 15 is 0 Å². The molecule has 0 atom stereocenters. The second-order valence-corrected chi connectivity index (χ2v) is 3.51. The third kappa shape index (κ3) is 1.64. The van der Waals surface area contributed by atoms with E-state index < -0.39 is 14.7 Å². The van der Waals surface area contributed by atoms with Gasteiger partial charge in [-0.15, -0.1) is 0 Å². The van der Waals surface area contributed by atoms with Crippen LogP contribution >= 0.6 is 0 Å². The zero-order valence-corrected chi connectivity index (χ0v) is 6.42. The molecule has 0 saturated carbocycles. The highest BCUT2D eigenvalue weighted by atomic mass is 27.2. The van der Waals surface area contributed by atoms with Crippen LogP contribution in [0.25, 0.3) is 0 Å². The third-order valence-corrected chi connectivity index (χ3v) is 2.38. The molecule has 1 aromatic rings. The summed E-state index contributed by atoms with van der Waals surface area (Å²) in [6.45, 7) is 0. The monoisotopic (exact) mass is 151 g/mol. The Kier molecular flexibility index (Phi) is 2.58. The Morgan fingerprint density at radius 3 is 2.40 bits per heavy atom. The molecule has 0 radical (unpaired) electrons. The Morgan fingerprint density at radius 2 is 1.90 bits per heavy atom. The van der Waals surface area contributed by atoms with Gasteiger partial charge in [0.2, 0.25) is 0 Å². The number of hydrogen-bond donors (Lipinski definition) is 1. The van der Waals surface area contributed by atoms with Gasteiger partial charge in [0.25, 0.3) is 0 Å². The van der Waals surface area contributed by atoms with Gasteiger partial charge in [0.15, 0.2) is 0 Å². The highest BCUT2D eigenvalue weighted by molar-refractivity contribution is 6.64. The quantitative estimate of drug-likeness (QED) is 0.482.